The van der Waals surface area contributed by atoms with Gasteiger partial charge in [-0.1, -0.05) is 11.6 Å². The fourth-order valence-corrected chi connectivity index (χ4v) is 2.39. The molecule has 0 amide bonds. The van der Waals surface area contributed by atoms with Gasteiger partial charge in [0, 0.05) is 28.4 Å². The van der Waals surface area contributed by atoms with E-state index in [4.69, 9.17) is 33.5 Å². The highest BCUT2D eigenvalue weighted by molar-refractivity contribution is 6.30. The highest BCUT2D eigenvalue weighted by Crippen LogP contribution is 2.35. The van der Waals surface area contributed by atoms with Crippen LogP contribution in [0.15, 0.2) is 35.7 Å². The van der Waals surface area contributed by atoms with E-state index in [1.165, 1.54) is 24.3 Å². The molecule has 0 radical (unpaired) electrons. The van der Waals surface area contributed by atoms with Crippen molar-refractivity contribution >= 4 is 23.3 Å². The van der Waals surface area contributed by atoms with Gasteiger partial charge in [0.2, 0.25) is 0 Å². The van der Waals surface area contributed by atoms with E-state index in [-0.39, 0.29) is 29.3 Å². The van der Waals surface area contributed by atoms with Gasteiger partial charge in [0.1, 0.15) is 11.2 Å². The van der Waals surface area contributed by atoms with Crippen molar-refractivity contribution in [2.75, 3.05) is 6.61 Å². The molecule has 0 aromatic heterocycles. The molecule has 5 nitrogen and oxygen atoms in total. The number of ether oxygens (including phenoxy) is 1. The zero-order valence-corrected chi connectivity index (χ0v) is 12.8. The van der Waals surface area contributed by atoms with E-state index >= 15 is 0 Å². The summed E-state index contributed by atoms with van der Waals surface area (Å²) in [6.07, 6.45) is 1.75. The monoisotopic (exact) mass is 325 g/mol. The minimum absolute atomic E-state index is 0.0652. The van der Waals surface area contributed by atoms with Crippen LogP contribution in [0.5, 0.6) is 0 Å². The minimum atomic E-state index is -0.992. The number of rotatable bonds is 3. The molecule has 7 heteroatoms. The molecule has 0 bridgehead atoms. The van der Waals surface area contributed by atoms with Crippen molar-refractivity contribution in [1.82, 2.24) is 0 Å². The third kappa shape index (κ3) is 2.87. The van der Waals surface area contributed by atoms with E-state index in [1.54, 1.807) is 6.92 Å². The molecule has 2 rings (SSSR count). The second kappa shape index (κ2) is 5.88. The fourth-order valence-electron chi connectivity index (χ4n) is 2.21. The zero-order valence-electron chi connectivity index (χ0n) is 12.0. The smallest absolute Gasteiger partial charge is 0.317 e. The summed E-state index contributed by atoms with van der Waals surface area (Å²) in [4.78, 5) is 11.8. The van der Waals surface area contributed by atoms with Crippen LogP contribution < -0.4 is 17.2 Å². The third-order valence-electron chi connectivity index (χ3n) is 3.74. The molecule has 1 aromatic rings. The number of hydrogen-bond donors (Lipinski definition) is 3. The Morgan fingerprint density at radius 2 is 2.09 bits per heavy atom. The molecule has 0 spiro atoms. The molecule has 1 aliphatic heterocycles. The van der Waals surface area contributed by atoms with Gasteiger partial charge in [0.05, 0.1) is 12.3 Å². The lowest BCUT2D eigenvalue weighted by atomic mass is 9.84. The summed E-state index contributed by atoms with van der Waals surface area (Å²) < 4.78 is 18.7. The van der Waals surface area contributed by atoms with Crippen LogP contribution in [-0.4, -0.2) is 12.6 Å². The first kappa shape index (κ1) is 16.2. The van der Waals surface area contributed by atoms with E-state index in [1.807, 2.05) is 0 Å². The highest BCUT2D eigenvalue weighted by atomic mass is 35.5. The summed E-state index contributed by atoms with van der Waals surface area (Å²) in [6.45, 7) is 1.93. The lowest BCUT2D eigenvalue weighted by Crippen LogP contribution is -2.32. The van der Waals surface area contributed by atoms with Crippen molar-refractivity contribution in [2.45, 2.75) is 13.3 Å². The molecular formula is C15H17ClFN3O2. The van der Waals surface area contributed by atoms with Crippen LogP contribution in [0.4, 0.5) is 4.39 Å². The number of cyclic esters (lactones) is 1. The molecule has 6 N–H and O–H groups in total. The maximum atomic E-state index is 13.8. The van der Waals surface area contributed by atoms with E-state index in [0.717, 1.165) is 0 Å². The number of hydrogen-bond acceptors (Lipinski definition) is 5. The Balaban J connectivity index is 2.40. The summed E-state index contributed by atoms with van der Waals surface area (Å²) in [5.74, 6) is -0.968. The van der Waals surface area contributed by atoms with Crippen molar-refractivity contribution < 1.29 is 13.9 Å². The molecule has 1 heterocycles. The topological polar surface area (TPSA) is 104 Å². The van der Waals surface area contributed by atoms with Crippen molar-refractivity contribution in [3.8, 4) is 0 Å². The molecule has 1 fully saturated rings. The summed E-state index contributed by atoms with van der Waals surface area (Å²) in [6, 6.07) is 4.01. The summed E-state index contributed by atoms with van der Waals surface area (Å²) in [5, 5.41) is 0.342. The third-order valence-corrected chi connectivity index (χ3v) is 3.98. The Hall–Kier alpha value is -2.21. The van der Waals surface area contributed by atoms with Gasteiger partial charge in [-0.3, -0.25) is 4.79 Å². The Bertz CT molecular complexity index is 687. The van der Waals surface area contributed by atoms with Crippen molar-refractivity contribution in [3.05, 3.63) is 52.1 Å². The van der Waals surface area contributed by atoms with Crippen molar-refractivity contribution in [3.63, 3.8) is 0 Å². The van der Waals surface area contributed by atoms with Crippen LogP contribution in [0.3, 0.4) is 0 Å². The second-order valence-electron chi connectivity index (χ2n) is 5.31. The normalized spacial score (nSPS) is 23.2. The predicted octanol–water partition coefficient (Wildman–Crippen LogP) is 1.86. The first-order valence-electron chi connectivity index (χ1n) is 6.61. The number of nitrogens with two attached hydrogens (primary N) is 3. The molecule has 1 aromatic carbocycles. The molecule has 1 unspecified atom stereocenters. The number of esters is 1. The number of allylic oxidation sites excluding steroid dienone is 1. The Kier molecular flexibility index (Phi) is 4.32. The first-order chi connectivity index (χ1) is 10.3. The quantitative estimate of drug-likeness (QED) is 0.581. The molecule has 0 saturated carbocycles. The minimum Gasteiger partial charge on any atom is -0.465 e. The average Bonchev–Trinajstić information content (AvgIpc) is 2.81. The molecule has 118 valence electrons. The summed E-state index contributed by atoms with van der Waals surface area (Å²) in [5.41, 5.74) is 17.2. The number of carbonyl (C=O) groups excluding carboxylic acids is 1. The van der Waals surface area contributed by atoms with Gasteiger partial charge in [-0.25, -0.2) is 4.39 Å². The maximum absolute atomic E-state index is 13.8. The van der Waals surface area contributed by atoms with E-state index in [0.29, 0.717) is 11.4 Å². The van der Waals surface area contributed by atoms with Crippen molar-refractivity contribution in [1.29, 1.82) is 0 Å². The van der Waals surface area contributed by atoms with Gasteiger partial charge in [0.15, 0.2) is 0 Å². The Morgan fingerprint density at radius 1 is 1.41 bits per heavy atom. The number of benzene rings is 1. The van der Waals surface area contributed by atoms with Crippen LogP contribution in [0.25, 0.3) is 5.70 Å². The Labute approximate surface area is 132 Å². The van der Waals surface area contributed by atoms with E-state index < -0.39 is 17.2 Å². The average molecular weight is 326 g/mol. The molecule has 0 aliphatic carbocycles. The van der Waals surface area contributed by atoms with E-state index in [2.05, 4.69) is 0 Å². The lowest BCUT2D eigenvalue weighted by molar-refractivity contribution is -0.144. The zero-order chi connectivity index (χ0) is 16.5. The predicted molar refractivity (Wildman–Crippen MR) is 82.7 cm³/mol. The second-order valence-corrected chi connectivity index (χ2v) is 5.75. The lowest BCUT2D eigenvalue weighted by Gasteiger charge is -2.21. The number of halogens is 2. The van der Waals surface area contributed by atoms with Gasteiger partial charge in [-0.15, -0.1) is 0 Å². The highest BCUT2D eigenvalue weighted by Gasteiger charge is 2.43. The molecule has 1 atom stereocenters. The molecule has 1 aliphatic rings. The first-order valence-corrected chi connectivity index (χ1v) is 6.99. The van der Waals surface area contributed by atoms with E-state index in [9.17, 15) is 9.18 Å². The fraction of sp³-hybridized carbons (Fsp3) is 0.267. The van der Waals surface area contributed by atoms with Gasteiger partial charge in [0.25, 0.3) is 0 Å². The SMILES string of the molecule is CC1(/C(N)=C(N)/C=C(\N)c2cc(Cl)ccc2F)CCOC1=O. The van der Waals surface area contributed by atoms with Crippen molar-refractivity contribution in [2.24, 2.45) is 22.6 Å². The van der Waals surface area contributed by atoms with Gasteiger partial charge in [-0.2, -0.15) is 0 Å². The van der Waals surface area contributed by atoms with Crippen LogP contribution in [0.1, 0.15) is 18.9 Å². The standard InChI is InChI=1S/C15H17ClFN3O2/c1-15(4-5-22-14(15)21)13(20)12(19)7-11(18)9-6-8(16)2-3-10(9)17/h2-3,6-7H,4-5,18-20H2,1H3/b11-7-,13-12+. The van der Waals surface area contributed by atoms with Gasteiger partial charge >= 0.3 is 5.97 Å². The van der Waals surface area contributed by atoms with Gasteiger partial charge in [-0.05, 0) is 31.2 Å². The largest absolute Gasteiger partial charge is 0.465 e. The molecule has 1 saturated heterocycles. The molecule has 22 heavy (non-hydrogen) atoms. The van der Waals surface area contributed by atoms with Crippen LogP contribution in [0.2, 0.25) is 5.02 Å². The summed E-state index contributed by atoms with van der Waals surface area (Å²) >= 11 is 5.83. The summed E-state index contributed by atoms with van der Waals surface area (Å²) in [7, 11) is 0. The Morgan fingerprint density at radius 3 is 2.68 bits per heavy atom. The maximum Gasteiger partial charge on any atom is 0.317 e. The van der Waals surface area contributed by atoms with Crippen LogP contribution in [0, 0.1) is 11.2 Å². The number of carbonyl (C=O) groups is 1. The van der Waals surface area contributed by atoms with Crippen LogP contribution >= 0.6 is 11.6 Å². The van der Waals surface area contributed by atoms with Crippen LogP contribution in [-0.2, 0) is 9.53 Å². The molecular weight excluding hydrogens is 309 g/mol. The van der Waals surface area contributed by atoms with Gasteiger partial charge < -0.3 is 21.9 Å².